The summed E-state index contributed by atoms with van der Waals surface area (Å²) in [5, 5.41) is 0. The normalized spacial score (nSPS) is 10.6. The molecule has 0 saturated heterocycles. The van der Waals surface area contributed by atoms with Gasteiger partial charge in [0.05, 0.1) is 6.61 Å². The van der Waals surface area contributed by atoms with Crippen molar-refractivity contribution in [1.29, 1.82) is 0 Å². The second-order valence-electron chi connectivity index (χ2n) is 7.49. The fraction of sp³-hybridized carbons (Fsp3) is 0.429. The van der Waals surface area contributed by atoms with E-state index in [2.05, 4.69) is 37.8 Å². The molecule has 0 atom stereocenters. The summed E-state index contributed by atoms with van der Waals surface area (Å²) in [7, 11) is 0. The molecule has 2 aromatic carbocycles. The Hall–Kier alpha value is -2.66. The van der Waals surface area contributed by atoms with Gasteiger partial charge in [0.25, 0.3) is 0 Å². The van der Waals surface area contributed by atoms with Crippen LogP contribution in [0.5, 0.6) is 11.5 Å². The highest BCUT2D eigenvalue weighted by molar-refractivity contribution is 5.45. The molecule has 0 radical (unpaired) electrons. The molecule has 2 nitrogen and oxygen atoms in total. The molecule has 0 heterocycles. The second kappa shape index (κ2) is 15.2. The van der Waals surface area contributed by atoms with Gasteiger partial charge in [-0.25, -0.2) is 0 Å². The van der Waals surface area contributed by atoms with Crippen LogP contribution in [-0.4, -0.2) is 13.2 Å². The molecule has 0 amide bonds. The maximum Gasteiger partial charge on any atom is 0.119 e. The number of rotatable bonds is 13. The lowest BCUT2D eigenvalue weighted by Gasteiger charge is -2.05. The largest absolute Gasteiger partial charge is 0.494 e. The smallest absolute Gasteiger partial charge is 0.119 e. The molecule has 0 aliphatic rings. The van der Waals surface area contributed by atoms with Crippen molar-refractivity contribution < 1.29 is 9.47 Å². The molecular weight excluding hydrogens is 368 g/mol. The van der Waals surface area contributed by atoms with Gasteiger partial charge in [0.15, 0.2) is 0 Å². The van der Waals surface area contributed by atoms with Gasteiger partial charge >= 0.3 is 0 Å². The Morgan fingerprint density at radius 2 is 1.20 bits per heavy atom. The summed E-state index contributed by atoms with van der Waals surface area (Å²) in [4.78, 5) is 0. The summed E-state index contributed by atoms with van der Waals surface area (Å²) >= 11 is 0. The molecular formula is C28H36O2. The molecule has 2 heteroatoms. The van der Waals surface area contributed by atoms with Crippen molar-refractivity contribution in [1.82, 2.24) is 0 Å². The zero-order valence-corrected chi connectivity index (χ0v) is 18.7. The van der Waals surface area contributed by atoms with Crippen LogP contribution in [-0.2, 0) is 0 Å². The first-order chi connectivity index (χ1) is 14.8. The summed E-state index contributed by atoms with van der Waals surface area (Å²) in [5.41, 5.74) is 1.97. The van der Waals surface area contributed by atoms with Gasteiger partial charge in [-0.05, 0) is 61.4 Å². The van der Waals surface area contributed by atoms with E-state index < -0.39 is 0 Å². The van der Waals surface area contributed by atoms with Crippen molar-refractivity contribution in [3.05, 3.63) is 71.8 Å². The van der Waals surface area contributed by atoms with E-state index in [0.717, 1.165) is 42.1 Å². The molecule has 0 saturated carbocycles. The molecule has 0 aromatic heterocycles. The minimum absolute atomic E-state index is 0.613. The van der Waals surface area contributed by atoms with Crippen molar-refractivity contribution in [2.45, 2.75) is 65.2 Å². The van der Waals surface area contributed by atoms with Crippen LogP contribution in [0.15, 0.2) is 60.7 Å². The highest BCUT2D eigenvalue weighted by atomic mass is 16.5. The van der Waals surface area contributed by atoms with E-state index >= 15 is 0 Å². The van der Waals surface area contributed by atoms with Gasteiger partial charge in [0.1, 0.15) is 18.1 Å². The topological polar surface area (TPSA) is 18.5 Å². The third kappa shape index (κ3) is 10.2. The zero-order valence-electron chi connectivity index (χ0n) is 18.7. The van der Waals surface area contributed by atoms with Crippen LogP contribution in [0.1, 0.15) is 76.3 Å². The molecule has 0 N–H and O–H groups in total. The summed E-state index contributed by atoms with van der Waals surface area (Å²) in [5.74, 6) is 8.21. The molecule has 0 fully saturated rings. The summed E-state index contributed by atoms with van der Waals surface area (Å²) in [6, 6.07) is 16.0. The summed E-state index contributed by atoms with van der Waals surface area (Å²) in [6.45, 7) is 5.84. The van der Waals surface area contributed by atoms with E-state index in [0.29, 0.717) is 6.61 Å². The third-order valence-electron chi connectivity index (χ3n) is 4.81. The predicted octanol–water partition coefficient (Wildman–Crippen LogP) is 7.56. The summed E-state index contributed by atoms with van der Waals surface area (Å²) in [6.07, 6.45) is 14.1. The molecule has 0 aliphatic heterocycles. The van der Waals surface area contributed by atoms with Crippen molar-refractivity contribution in [3.8, 4) is 23.3 Å². The number of benzene rings is 2. The van der Waals surface area contributed by atoms with Crippen LogP contribution in [0.4, 0.5) is 0 Å². The maximum absolute atomic E-state index is 5.81. The van der Waals surface area contributed by atoms with Crippen molar-refractivity contribution >= 4 is 0 Å². The number of allylic oxidation sites excluding steroid dienone is 1. The van der Waals surface area contributed by atoms with E-state index in [4.69, 9.17) is 9.47 Å². The van der Waals surface area contributed by atoms with Crippen LogP contribution >= 0.6 is 0 Å². The van der Waals surface area contributed by atoms with Crippen LogP contribution in [0, 0.1) is 11.8 Å². The Labute approximate surface area is 183 Å². The molecule has 0 spiro atoms. The van der Waals surface area contributed by atoms with Gasteiger partial charge in [-0.2, -0.15) is 0 Å². The van der Waals surface area contributed by atoms with Gasteiger partial charge < -0.3 is 9.47 Å². The highest BCUT2D eigenvalue weighted by Gasteiger charge is 1.96. The SMILES string of the molecule is CCCCC=CCOc1ccc(C#Cc2ccc(OCCCCCCC)cc2)cc1. The molecule has 0 unspecified atom stereocenters. The Kier molecular flexibility index (Phi) is 12.0. The number of hydrogen-bond donors (Lipinski definition) is 0. The van der Waals surface area contributed by atoms with Crippen LogP contribution < -0.4 is 9.47 Å². The van der Waals surface area contributed by atoms with Gasteiger partial charge in [0, 0.05) is 11.1 Å². The van der Waals surface area contributed by atoms with E-state index in [9.17, 15) is 0 Å². The molecule has 0 bridgehead atoms. The van der Waals surface area contributed by atoms with Crippen LogP contribution in [0.25, 0.3) is 0 Å². The number of ether oxygens (including phenoxy) is 2. The molecule has 0 aliphatic carbocycles. The standard InChI is InChI=1S/C28H36O2/c1-3-5-7-9-11-23-29-27-19-15-25(16-20-27)13-14-26-17-21-28(22-18-26)30-24-12-10-8-6-4-2/h9,11,15-22H,3-8,10,12,23-24H2,1-2H3. The maximum atomic E-state index is 5.81. The molecule has 2 aromatic rings. The number of unbranched alkanes of at least 4 members (excludes halogenated alkanes) is 6. The van der Waals surface area contributed by atoms with E-state index in [1.54, 1.807) is 0 Å². The quantitative estimate of drug-likeness (QED) is 0.195. The van der Waals surface area contributed by atoms with Gasteiger partial charge in [0.2, 0.25) is 0 Å². The fourth-order valence-corrected chi connectivity index (χ4v) is 2.96. The van der Waals surface area contributed by atoms with Crippen molar-refractivity contribution in [3.63, 3.8) is 0 Å². The van der Waals surface area contributed by atoms with Crippen LogP contribution in [0.3, 0.4) is 0 Å². The first-order valence-electron chi connectivity index (χ1n) is 11.4. The summed E-state index contributed by atoms with van der Waals surface area (Å²) < 4.78 is 11.5. The van der Waals surface area contributed by atoms with Gasteiger partial charge in [-0.1, -0.05) is 76.4 Å². The predicted molar refractivity (Wildman–Crippen MR) is 127 cm³/mol. The minimum Gasteiger partial charge on any atom is -0.494 e. The Morgan fingerprint density at radius 3 is 1.80 bits per heavy atom. The Bertz CT molecular complexity index is 776. The minimum atomic E-state index is 0.613. The average Bonchev–Trinajstić information content (AvgIpc) is 2.79. The first kappa shape index (κ1) is 23.6. The Balaban J connectivity index is 1.74. The lowest BCUT2D eigenvalue weighted by atomic mass is 10.1. The highest BCUT2D eigenvalue weighted by Crippen LogP contribution is 2.14. The monoisotopic (exact) mass is 404 g/mol. The lowest BCUT2D eigenvalue weighted by molar-refractivity contribution is 0.304. The molecule has 2 rings (SSSR count). The van der Waals surface area contributed by atoms with E-state index in [1.807, 2.05) is 48.5 Å². The van der Waals surface area contributed by atoms with Gasteiger partial charge in [-0.15, -0.1) is 0 Å². The Morgan fingerprint density at radius 1 is 0.633 bits per heavy atom. The number of hydrogen-bond acceptors (Lipinski definition) is 2. The molecule has 30 heavy (non-hydrogen) atoms. The van der Waals surface area contributed by atoms with Crippen molar-refractivity contribution in [2.75, 3.05) is 13.2 Å². The molecule has 160 valence electrons. The fourth-order valence-electron chi connectivity index (χ4n) is 2.96. The van der Waals surface area contributed by atoms with E-state index in [1.165, 1.54) is 38.5 Å². The van der Waals surface area contributed by atoms with Crippen molar-refractivity contribution in [2.24, 2.45) is 0 Å². The van der Waals surface area contributed by atoms with E-state index in [-0.39, 0.29) is 0 Å². The second-order valence-corrected chi connectivity index (χ2v) is 7.49. The average molecular weight is 405 g/mol. The first-order valence-corrected chi connectivity index (χ1v) is 11.4. The van der Waals surface area contributed by atoms with Gasteiger partial charge in [-0.3, -0.25) is 0 Å². The van der Waals surface area contributed by atoms with Crippen LogP contribution in [0.2, 0.25) is 0 Å². The lowest BCUT2D eigenvalue weighted by Crippen LogP contribution is -1.97. The third-order valence-corrected chi connectivity index (χ3v) is 4.81. The zero-order chi connectivity index (χ0) is 21.3.